The number of halogens is 1. The molecule has 1 aromatic heterocycles. The minimum Gasteiger partial charge on any atom is -0.348 e. The van der Waals surface area contributed by atoms with Crippen molar-refractivity contribution in [3.63, 3.8) is 0 Å². The van der Waals surface area contributed by atoms with Gasteiger partial charge in [-0.1, -0.05) is 23.7 Å². The lowest BCUT2D eigenvalue weighted by Crippen LogP contribution is -2.12. The van der Waals surface area contributed by atoms with E-state index in [0.717, 1.165) is 23.1 Å². The number of nitrogens with zero attached hydrogens (tertiary/aromatic N) is 1. The van der Waals surface area contributed by atoms with E-state index in [9.17, 15) is 4.79 Å². The first-order chi connectivity index (χ1) is 10.2. The van der Waals surface area contributed by atoms with Gasteiger partial charge in [0.1, 0.15) is 0 Å². The van der Waals surface area contributed by atoms with Gasteiger partial charge in [0.15, 0.2) is 0 Å². The van der Waals surface area contributed by atoms with Gasteiger partial charge in [-0.25, -0.2) is 0 Å². The van der Waals surface area contributed by atoms with Crippen LogP contribution >= 0.6 is 11.6 Å². The van der Waals surface area contributed by atoms with Crippen LogP contribution in [-0.2, 0) is 6.54 Å². The summed E-state index contributed by atoms with van der Waals surface area (Å²) in [6.07, 6.45) is 2.05. The predicted octanol–water partition coefficient (Wildman–Crippen LogP) is 4.57. The maximum absolute atomic E-state index is 12.2. The van der Waals surface area contributed by atoms with Gasteiger partial charge in [-0.15, -0.1) is 0 Å². The van der Waals surface area contributed by atoms with Crippen LogP contribution in [0.3, 0.4) is 0 Å². The van der Waals surface area contributed by atoms with Crippen LogP contribution in [0.5, 0.6) is 0 Å². The molecular weight excluding hydrogens is 284 g/mol. The number of carbonyl (C=O) groups excluding carboxylic acids is 1. The van der Waals surface area contributed by atoms with Gasteiger partial charge in [0.2, 0.25) is 0 Å². The Kier molecular flexibility index (Phi) is 3.67. The molecule has 21 heavy (non-hydrogen) atoms. The first-order valence-electron chi connectivity index (χ1n) is 6.84. The Bertz CT molecular complexity index is 807. The Labute approximate surface area is 128 Å². The molecular formula is C17H15ClN2O. The summed E-state index contributed by atoms with van der Waals surface area (Å²) >= 11 is 6.04. The number of fused-ring (bicyclic) bond motifs is 1. The zero-order valence-corrected chi connectivity index (χ0v) is 12.4. The lowest BCUT2D eigenvalue weighted by atomic mass is 10.2. The van der Waals surface area contributed by atoms with Crippen molar-refractivity contribution in [2.45, 2.75) is 13.5 Å². The summed E-state index contributed by atoms with van der Waals surface area (Å²) in [6.45, 7) is 3.03. The van der Waals surface area contributed by atoms with Crippen LogP contribution in [0, 0.1) is 0 Å². The number of nitrogens with one attached hydrogen (secondary N) is 1. The van der Waals surface area contributed by atoms with E-state index < -0.39 is 0 Å². The van der Waals surface area contributed by atoms with Crippen molar-refractivity contribution in [3.8, 4) is 0 Å². The number of amides is 1. The molecule has 4 heteroatoms. The van der Waals surface area contributed by atoms with E-state index in [4.69, 9.17) is 11.6 Å². The molecule has 1 amide bonds. The third-order valence-corrected chi connectivity index (χ3v) is 3.82. The van der Waals surface area contributed by atoms with Gasteiger partial charge < -0.3 is 9.88 Å². The van der Waals surface area contributed by atoms with Crippen LogP contribution in [0.4, 0.5) is 5.69 Å². The van der Waals surface area contributed by atoms with Gasteiger partial charge in [-0.05, 0) is 43.3 Å². The molecule has 3 aromatic rings. The molecule has 0 atom stereocenters. The lowest BCUT2D eigenvalue weighted by molar-refractivity contribution is 0.102. The van der Waals surface area contributed by atoms with Crippen molar-refractivity contribution in [2.24, 2.45) is 0 Å². The molecule has 3 nitrogen and oxygen atoms in total. The highest BCUT2D eigenvalue weighted by molar-refractivity contribution is 6.34. The predicted molar refractivity (Wildman–Crippen MR) is 87.0 cm³/mol. The molecule has 1 N–H and O–H groups in total. The van der Waals surface area contributed by atoms with E-state index in [1.165, 1.54) is 0 Å². The standard InChI is InChI=1S/C17H15ClN2O/c1-2-20-10-9-12-11-13(7-8-16(12)20)19-17(21)14-5-3-4-6-15(14)18/h3-11H,2H2,1H3,(H,19,21). The van der Waals surface area contributed by atoms with Gasteiger partial charge in [-0.2, -0.15) is 0 Å². The Morgan fingerprint density at radius 3 is 2.76 bits per heavy atom. The second kappa shape index (κ2) is 5.62. The number of benzene rings is 2. The fourth-order valence-corrected chi connectivity index (χ4v) is 2.62. The fraction of sp³-hybridized carbons (Fsp3) is 0.118. The van der Waals surface area contributed by atoms with Crippen LogP contribution < -0.4 is 5.32 Å². The number of aryl methyl sites for hydroxylation is 1. The Morgan fingerprint density at radius 1 is 1.19 bits per heavy atom. The summed E-state index contributed by atoms with van der Waals surface area (Å²) in [6, 6.07) is 15.0. The molecule has 1 heterocycles. The summed E-state index contributed by atoms with van der Waals surface area (Å²) in [5.41, 5.74) is 2.40. The van der Waals surface area contributed by atoms with Gasteiger partial charge in [0.25, 0.3) is 5.91 Å². The van der Waals surface area contributed by atoms with Crippen LogP contribution in [-0.4, -0.2) is 10.5 Å². The second-order valence-electron chi connectivity index (χ2n) is 4.81. The molecule has 0 aliphatic carbocycles. The third-order valence-electron chi connectivity index (χ3n) is 3.49. The van der Waals surface area contributed by atoms with Gasteiger partial charge in [-0.3, -0.25) is 4.79 Å². The number of aromatic nitrogens is 1. The molecule has 0 saturated heterocycles. The summed E-state index contributed by atoms with van der Waals surface area (Å²) < 4.78 is 2.16. The van der Waals surface area contributed by atoms with E-state index in [0.29, 0.717) is 10.6 Å². The SMILES string of the molecule is CCn1ccc2cc(NC(=O)c3ccccc3Cl)ccc21. The fourth-order valence-electron chi connectivity index (χ4n) is 2.40. The van der Waals surface area contributed by atoms with E-state index in [1.54, 1.807) is 24.3 Å². The number of hydrogen-bond donors (Lipinski definition) is 1. The Balaban J connectivity index is 1.88. The molecule has 0 aliphatic heterocycles. The smallest absolute Gasteiger partial charge is 0.257 e. The molecule has 2 aromatic carbocycles. The van der Waals surface area contributed by atoms with Crippen LogP contribution in [0.1, 0.15) is 17.3 Å². The molecule has 0 fully saturated rings. The van der Waals surface area contributed by atoms with Crippen molar-refractivity contribution in [1.29, 1.82) is 0 Å². The maximum atomic E-state index is 12.2. The number of carbonyl (C=O) groups is 1. The summed E-state index contributed by atoms with van der Waals surface area (Å²) in [5.74, 6) is -0.199. The zero-order chi connectivity index (χ0) is 14.8. The van der Waals surface area contributed by atoms with Crippen molar-refractivity contribution in [3.05, 3.63) is 65.3 Å². The van der Waals surface area contributed by atoms with Crippen LogP contribution in [0.25, 0.3) is 10.9 Å². The molecule has 0 radical (unpaired) electrons. The van der Waals surface area contributed by atoms with Crippen molar-refractivity contribution >= 4 is 34.1 Å². The highest BCUT2D eigenvalue weighted by atomic mass is 35.5. The lowest BCUT2D eigenvalue weighted by Gasteiger charge is -2.07. The largest absolute Gasteiger partial charge is 0.348 e. The quantitative estimate of drug-likeness (QED) is 0.755. The van der Waals surface area contributed by atoms with Gasteiger partial charge >= 0.3 is 0 Å². The zero-order valence-electron chi connectivity index (χ0n) is 11.6. The highest BCUT2D eigenvalue weighted by Crippen LogP contribution is 2.22. The van der Waals surface area contributed by atoms with Crippen LogP contribution in [0.2, 0.25) is 5.02 Å². The Morgan fingerprint density at radius 2 is 2.00 bits per heavy atom. The van der Waals surface area contributed by atoms with Crippen molar-refractivity contribution < 1.29 is 4.79 Å². The minimum atomic E-state index is -0.199. The molecule has 0 unspecified atom stereocenters. The average Bonchev–Trinajstić information content (AvgIpc) is 2.89. The average molecular weight is 299 g/mol. The first-order valence-corrected chi connectivity index (χ1v) is 7.21. The molecule has 0 aliphatic rings. The van der Waals surface area contributed by atoms with E-state index in [-0.39, 0.29) is 5.91 Å². The number of anilines is 1. The van der Waals surface area contributed by atoms with Crippen molar-refractivity contribution in [2.75, 3.05) is 5.32 Å². The summed E-state index contributed by atoms with van der Waals surface area (Å²) in [7, 11) is 0. The minimum absolute atomic E-state index is 0.199. The molecule has 0 spiro atoms. The molecule has 0 bridgehead atoms. The first kappa shape index (κ1) is 13.7. The topological polar surface area (TPSA) is 34.0 Å². The number of hydrogen-bond acceptors (Lipinski definition) is 1. The highest BCUT2D eigenvalue weighted by Gasteiger charge is 2.10. The molecule has 3 rings (SSSR count). The monoisotopic (exact) mass is 298 g/mol. The van der Waals surface area contributed by atoms with E-state index >= 15 is 0 Å². The van der Waals surface area contributed by atoms with Gasteiger partial charge in [0, 0.05) is 29.3 Å². The van der Waals surface area contributed by atoms with E-state index in [2.05, 4.69) is 16.8 Å². The summed E-state index contributed by atoms with van der Waals surface area (Å²) in [4.78, 5) is 12.2. The normalized spacial score (nSPS) is 10.8. The van der Waals surface area contributed by atoms with Gasteiger partial charge in [0.05, 0.1) is 10.6 Å². The number of rotatable bonds is 3. The molecule has 0 saturated carbocycles. The van der Waals surface area contributed by atoms with Crippen LogP contribution in [0.15, 0.2) is 54.7 Å². The third kappa shape index (κ3) is 2.65. The summed E-state index contributed by atoms with van der Waals surface area (Å²) in [5, 5.41) is 4.44. The van der Waals surface area contributed by atoms with E-state index in [1.807, 2.05) is 30.5 Å². The Hall–Kier alpha value is -2.26. The van der Waals surface area contributed by atoms with Crippen molar-refractivity contribution in [1.82, 2.24) is 4.57 Å². The maximum Gasteiger partial charge on any atom is 0.257 e. The molecule has 106 valence electrons. The second-order valence-corrected chi connectivity index (χ2v) is 5.22.